The molecule has 0 unspecified atom stereocenters. The summed E-state index contributed by atoms with van der Waals surface area (Å²) in [5.74, 6) is 1.29. The quantitative estimate of drug-likeness (QED) is 0.212. The molecule has 2 atom stereocenters. The zero-order chi connectivity index (χ0) is 34.0. The van der Waals surface area contributed by atoms with Crippen molar-refractivity contribution in [3.8, 4) is 28.3 Å². The van der Waals surface area contributed by atoms with E-state index in [1.807, 2.05) is 56.3 Å². The number of nitrogens with one attached hydrogen (secondary N) is 2. The fourth-order valence-corrected chi connectivity index (χ4v) is 8.42. The molecule has 2 aromatic carbocycles. The molecule has 10 nitrogen and oxygen atoms in total. The predicted octanol–water partition coefficient (Wildman–Crippen LogP) is 6.42. The summed E-state index contributed by atoms with van der Waals surface area (Å²) in [5, 5.41) is 12.7. The Bertz CT molecular complexity index is 2230. The van der Waals surface area contributed by atoms with Gasteiger partial charge in [0.2, 0.25) is 11.8 Å². The molecule has 1 amide bonds. The van der Waals surface area contributed by atoms with Crippen LogP contribution in [-0.4, -0.2) is 56.3 Å². The highest BCUT2D eigenvalue weighted by Crippen LogP contribution is 2.47. The number of fused-ring (bicyclic) bond motifs is 2. The number of benzene rings is 2. The fourth-order valence-electron chi connectivity index (χ4n) is 8.10. The summed E-state index contributed by atoms with van der Waals surface area (Å²) >= 11 is 7.25. The Hall–Kier alpha value is -4.80. The van der Waals surface area contributed by atoms with Crippen molar-refractivity contribution in [2.45, 2.75) is 57.5 Å². The summed E-state index contributed by atoms with van der Waals surface area (Å²) in [7, 11) is 3.32. The number of carbonyl (C=O) groups excluding carboxylic acids is 1. The van der Waals surface area contributed by atoms with Crippen LogP contribution in [0.2, 0.25) is 5.02 Å². The first-order valence-corrected chi connectivity index (χ1v) is 17.1. The summed E-state index contributed by atoms with van der Waals surface area (Å²) in [6.07, 6.45) is 6.09. The molecular formula is C38H38ClN7O3. The Morgan fingerprint density at radius 3 is 2.61 bits per heavy atom. The Morgan fingerprint density at radius 1 is 1.02 bits per heavy atom. The third-order valence-corrected chi connectivity index (χ3v) is 11.0. The minimum atomic E-state index is -0.215. The van der Waals surface area contributed by atoms with E-state index in [0.717, 1.165) is 89.1 Å². The monoisotopic (exact) mass is 675 g/mol. The van der Waals surface area contributed by atoms with Crippen LogP contribution in [0.4, 0.5) is 11.5 Å². The molecule has 8 rings (SSSR count). The summed E-state index contributed by atoms with van der Waals surface area (Å²) < 4.78 is 7.27. The summed E-state index contributed by atoms with van der Waals surface area (Å²) in [5.41, 5.74) is 8.07. The number of nitrogens with zero attached hydrogens (tertiary/aromatic N) is 5. The van der Waals surface area contributed by atoms with Crippen LogP contribution in [0.1, 0.15) is 54.1 Å². The van der Waals surface area contributed by atoms with Gasteiger partial charge in [-0.2, -0.15) is 5.10 Å². The first-order chi connectivity index (χ1) is 23.6. The number of methoxy groups -OCH3 is 1. The number of aryl methyl sites for hydroxylation is 3. The van der Waals surface area contributed by atoms with E-state index < -0.39 is 0 Å². The SMILES string of the molecule is COc1nc(-c2cccc(-c3cccc(Nc4nc(C)cc5cnn(C)c(=O)c45)c3C)c2Cl)cc2c1[C@H](N1CC[C@]3(CCC(=O)N3)C1)CC2. The van der Waals surface area contributed by atoms with Gasteiger partial charge < -0.3 is 15.4 Å². The molecule has 250 valence electrons. The van der Waals surface area contributed by atoms with E-state index >= 15 is 0 Å². The minimum absolute atomic E-state index is 0.0989. The Balaban J connectivity index is 1.13. The number of ether oxygens (including phenoxy) is 1. The zero-order valence-electron chi connectivity index (χ0n) is 28.1. The van der Waals surface area contributed by atoms with Crippen molar-refractivity contribution in [3.05, 3.63) is 92.5 Å². The van der Waals surface area contributed by atoms with Gasteiger partial charge in [-0.25, -0.2) is 14.6 Å². The standard InChI is InChI=1S/C38H38ClN7O3/c1-21-17-24-19-40-45(3)37(48)33(24)35(41-21)42-28-10-6-7-25(22(28)2)26-8-5-9-27(34(26)39)29-18-23-11-12-30(32(23)36(43-29)49-4)46-16-15-38(20-46)14-13-31(47)44-38/h5-10,17-19,30H,11-16,20H2,1-4H3,(H,41,42)(H,44,47)/t30-,38-/m1/s1. The molecule has 49 heavy (non-hydrogen) atoms. The number of pyridine rings is 2. The second-order valence-corrected chi connectivity index (χ2v) is 14.0. The fraction of sp³-hybridized carbons (Fsp3) is 0.342. The van der Waals surface area contributed by atoms with Crippen molar-refractivity contribution >= 4 is 39.8 Å². The third-order valence-electron chi connectivity index (χ3n) is 10.6. The van der Waals surface area contributed by atoms with Gasteiger partial charge in [0.25, 0.3) is 5.56 Å². The highest BCUT2D eigenvalue weighted by atomic mass is 35.5. The molecule has 2 aliphatic heterocycles. The predicted molar refractivity (Wildman–Crippen MR) is 192 cm³/mol. The van der Waals surface area contributed by atoms with Gasteiger partial charge in [0, 0.05) is 66.1 Å². The maximum atomic E-state index is 13.1. The average molecular weight is 676 g/mol. The lowest BCUT2D eigenvalue weighted by atomic mass is 9.96. The van der Waals surface area contributed by atoms with Crippen LogP contribution in [-0.2, 0) is 18.3 Å². The lowest BCUT2D eigenvalue weighted by Gasteiger charge is -2.28. The highest BCUT2D eigenvalue weighted by molar-refractivity contribution is 6.36. The van der Waals surface area contributed by atoms with Gasteiger partial charge in [-0.1, -0.05) is 41.9 Å². The van der Waals surface area contributed by atoms with E-state index in [9.17, 15) is 9.59 Å². The Labute approximate surface area is 289 Å². The number of rotatable bonds is 6. The van der Waals surface area contributed by atoms with E-state index in [4.69, 9.17) is 26.3 Å². The van der Waals surface area contributed by atoms with Gasteiger partial charge in [0.1, 0.15) is 5.82 Å². The number of likely N-dealkylation sites (tertiary alicyclic amines) is 1. The number of anilines is 2. The molecule has 0 radical (unpaired) electrons. The van der Waals surface area contributed by atoms with E-state index in [1.54, 1.807) is 20.4 Å². The first kappa shape index (κ1) is 31.5. The molecule has 0 bridgehead atoms. The van der Waals surface area contributed by atoms with Crippen molar-refractivity contribution in [2.24, 2.45) is 7.05 Å². The minimum Gasteiger partial charge on any atom is -0.481 e. The second kappa shape index (κ2) is 12.0. The molecule has 3 aliphatic rings. The Morgan fingerprint density at radius 2 is 1.82 bits per heavy atom. The number of halogens is 1. The maximum absolute atomic E-state index is 13.1. The van der Waals surface area contributed by atoms with Crippen LogP contribution in [0, 0.1) is 13.8 Å². The molecule has 5 heterocycles. The number of aromatic nitrogens is 4. The van der Waals surface area contributed by atoms with Crippen molar-refractivity contribution in [1.29, 1.82) is 0 Å². The largest absolute Gasteiger partial charge is 0.481 e. The molecule has 11 heteroatoms. The molecule has 2 fully saturated rings. The van der Waals surface area contributed by atoms with Crippen LogP contribution in [0.15, 0.2) is 59.5 Å². The number of amides is 1. The van der Waals surface area contributed by atoms with E-state index in [2.05, 4.69) is 26.7 Å². The maximum Gasteiger partial charge on any atom is 0.278 e. The lowest BCUT2D eigenvalue weighted by molar-refractivity contribution is -0.119. The molecule has 5 aromatic rings. The molecule has 1 aliphatic carbocycles. The van der Waals surface area contributed by atoms with E-state index in [1.165, 1.54) is 10.2 Å². The van der Waals surface area contributed by atoms with Crippen molar-refractivity contribution in [1.82, 2.24) is 30.0 Å². The molecular weight excluding hydrogens is 638 g/mol. The molecule has 1 spiro atoms. The summed E-state index contributed by atoms with van der Waals surface area (Å²) in [6.45, 7) is 5.74. The number of hydrogen-bond acceptors (Lipinski definition) is 8. The van der Waals surface area contributed by atoms with Crippen molar-refractivity contribution in [2.75, 3.05) is 25.5 Å². The average Bonchev–Trinajstić information content (AvgIpc) is 3.81. The van der Waals surface area contributed by atoms with Crippen LogP contribution in [0.5, 0.6) is 5.88 Å². The summed E-state index contributed by atoms with van der Waals surface area (Å²) in [6, 6.07) is 16.3. The van der Waals surface area contributed by atoms with Gasteiger partial charge in [-0.05, 0) is 74.4 Å². The van der Waals surface area contributed by atoms with E-state index in [-0.39, 0.29) is 23.0 Å². The molecule has 3 aromatic heterocycles. The van der Waals surface area contributed by atoms with Gasteiger partial charge in [-0.15, -0.1) is 0 Å². The first-order valence-electron chi connectivity index (χ1n) is 16.8. The number of carbonyl (C=O) groups is 1. The highest BCUT2D eigenvalue weighted by Gasteiger charge is 2.46. The molecule has 0 saturated carbocycles. The van der Waals surface area contributed by atoms with Crippen LogP contribution in [0.3, 0.4) is 0 Å². The Kier molecular flexibility index (Phi) is 7.68. The van der Waals surface area contributed by atoms with E-state index in [0.29, 0.717) is 28.5 Å². The van der Waals surface area contributed by atoms with Crippen LogP contribution in [0.25, 0.3) is 33.2 Å². The van der Waals surface area contributed by atoms with Gasteiger partial charge in [0.05, 0.1) is 34.9 Å². The van der Waals surface area contributed by atoms with Gasteiger partial charge >= 0.3 is 0 Å². The van der Waals surface area contributed by atoms with Crippen molar-refractivity contribution in [3.63, 3.8) is 0 Å². The molecule has 2 saturated heterocycles. The summed E-state index contributed by atoms with van der Waals surface area (Å²) in [4.78, 5) is 37.4. The zero-order valence-corrected chi connectivity index (χ0v) is 28.8. The van der Waals surface area contributed by atoms with Crippen molar-refractivity contribution < 1.29 is 9.53 Å². The third kappa shape index (κ3) is 5.34. The van der Waals surface area contributed by atoms with Gasteiger partial charge in [-0.3, -0.25) is 14.5 Å². The van der Waals surface area contributed by atoms with Gasteiger partial charge in [0.15, 0.2) is 0 Å². The molecule has 2 N–H and O–H groups in total. The topological polar surface area (TPSA) is 114 Å². The normalized spacial score (nSPS) is 20.3. The second-order valence-electron chi connectivity index (χ2n) is 13.6. The number of hydrogen-bond donors (Lipinski definition) is 2. The van der Waals surface area contributed by atoms with Crippen LogP contribution < -0.4 is 20.9 Å². The smallest absolute Gasteiger partial charge is 0.278 e. The van der Waals surface area contributed by atoms with Crippen LogP contribution >= 0.6 is 11.6 Å². The lowest BCUT2D eigenvalue weighted by Crippen LogP contribution is -2.44.